The van der Waals surface area contributed by atoms with Gasteiger partial charge in [0.2, 0.25) is 11.9 Å². The second kappa shape index (κ2) is 7.09. The molecule has 2 rings (SSSR count). The van der Waals surface area contributed by atoms with E-state index in [2.05, 4.69) is 25.6 Å². The first kappa shape index (κ1) is 19.3. The molecule has 0 fully saturated rings. The smallest absolute Gasteiger partial charge is 0.352 e. The molecule has 5 nitrogen and oxygen atoms in total. The fourth-order valence-corrected chi connectivity index (χ4v) is 2.27. The van der Waals surface area contributed by atoms with E-state index in [1.807, 2.05) is 0 Å². The zero-order valence-electron chi connectivity index (χ0n) is 14.1. The van der Waals surface area contributed by atoms with Crippen LogP contribution in [0.5, 0.6) is 0 Å². The van der Waals surface area contributed by atoms with Crippen LogP contribution in [0.25, 0.3) is 5.57 Å². The number of alkyl halides is 5. The summed E-state index contributed by atoms with van der Waals surface area (Å²) in [6.45, 7) is 4.51. The van der Waals surface area contributed by atoms with Gasteiger partial charge < -0.3 is 10.6 Å². The van der Waals surface area contributed by atoms with Crippen LogP contribution in [0.1, 0.15) is 45.9 Å². The average molecular weight is 365 g/mol. The molecule has 1 aliphatic rings. The minimum Gasteiger partial charge on any atom is -0.352 e. The first-order valence-electron chi connectivity index (χ1n) is 7.92. The standard InChI is InChI=1S/C15H20F5N5/c1-8(2)21-12-23-11(10-5-4-6-14(16,17)7-10)24-13(25-12)22-9(3)15(18,19)20/h7-9H,4-6H2,1-3H3,(H2,21,22,23,24,25)/t9-/m1/s1. The van der Waals surface area contributed by atoms with Gasteiger partial charge in [0.25, 0.3) is 5.92 Å². The van der Waals surface area contributed by atoms with Gasteiger partial charge in [-0.25, -0.2) is 8.78 Å². The summed E-state index contributed by atoms with van der Waals surface area (Å²) in [4.78, 5) is 11.9. The predicted octanol–water partition coefficient (Wildman–Crippen LogP) is 4.26. The van der Waals surface area contributed by atoms with Crippen LogP contribution in [0, 0.1) is 0 Å². The van der Waals surface area contributed by atoms with Crippen molar-refractivity contribution in [2.45, 2.75) is 64.2 Å². The maximum Gasteiger partial charge on any atom is 0.408 e. The minimum atomic E-state index is -4.49. The number of aromatic nitrogens is 3. The van der Waals surface area contributed by atoms with Gasteiger partial charge in [0.1, 0.15) is 6.04 Å². The fraction of sp³-hybridized carbons (Fsp3) is 0.667. The Labute approximate surface area is 142 Å². The van der Waals surface area contributed by atoms with Gasteiger partial charge in [0.05, 0.1) is 0 Å². The molecule has 0 saturated carbocycles. The van der Waals surface area contributed by atoms with Gasteiger partial charge in [-0.05, 0) is 45.3 Å². The van der Waals surface area contributed by atoms with Crippen LogP contribution < -0.4 is 10.6 Å². The largest absolute Gasteiger partial charge is 0.408 e. The summed E-state index contributed by atoms with van der Waals surface area (Å²) in [5, 5.41) is 5.01. The highest BCUT2D eigenvalue weighted by Crippen LogP contribution is 2.35. The summed E-state index contributed by atoms with van der Waals surface area (Å²) >= 11 is 0. The Morgan fingerprint density at radius 1 is 1.04 bits per heavy atom. The molecule has 0 aliphatic heterocycles. The Hall–Kier alpha value is -2.00. The summed E-state index contributed by atoms with van der Waals surface area (Å²) in [6.07, 6.45) is -3.40. The summed E-state index contributed by atoms with van der Waals surface area (Å²) in [6, 6.07) is -1.98. The fourth-order valence-electron chi connectivity index (χ4n) is 2.27. The van der Waals surface area contributed by atoms with Crippen LogP contribution in [0.15, 0.2) is 6.08 Å². The van der Waals surface area contributed by atoms with Gasteiger partial charge in [-0.15, -0.1) is 0 Å². The third kappa shape index (κ3) is 5.50. The van der Waals surface area contributed by atoms with Crippen molar-refractivity contribution in [1.82, 2.24) is 15.0 Å². The van der Waals surface area contributed by atoms with Crippen LogP contribution >= 0.6 is 0 Å². The number of halogens is 5. The highest BCUT2D eigenvalue weighted by atomic mass is 19.4. The molecule has 0 amide bonds. The normalized spacial score (nSPS) is 18.7. The van der Waals surface area contributed by atoms with E-state index in [9.17, 15) is 22.0 Å². The molecule has 10 heteroatoms. The molecule has 25 heavy (non-hydrogen) atoms. The lowest BCUT2D eigenvalue weighted by Gasteiger charge is -2.21. The van der Waals surface area contributed by atoms with E-state index < -0.39 is 18.1 Å². The molecule has 1 atom stereocenters. The summed E-state index contributed by atoms with van der Waals surface area (Å²) in [5.74, 6) is -3.30. The van der Waals surface area contributed by atoms with E-state index in [4.69, 9.17) is 0 Å². The van der Waals surface area contributed by atoms with Crippen molar-refractivity contribution < 1.29 is 22.0 Å². The van der Waals surface area contributed by atoms with Crippen molar-refractivity contribution in [1.29, 1.82) is 0 Å². The lowest BCUT2D eigenvalue weighted by atomic mass is 9.96. The molecule has 0 aromatic carbocycles. The molecule has 0 bridgehead atoms. The summed E-state index contributed by atoms with van der Waals surface area (Å²) < 4.78 is 65.4. The van der Waals surface area contributed by atoms with Crippen LogP contribution in [-0.2, 0) is 0 Å². The molecule has 0 radical (unpaired) electrons. The molecule has 0 unspecified atom stereocenters. The van der Waals surface area contributed by atoms with E-state index in [0.717, 1.165) is 13.0 Å². The Morgan fingerprint density at radius 2 is 1.64 bits per heavy atom. The van der Waals surface area contributed by atoms with Crippen LogP contribution in [-0.4, -0.2) is 39.1 Å². The number of nitrogens with one attached hydrogen (secondary N) is 2. The number of anilines is 2. The summed E-state index contributed by atoms with van der Waals surface area (Å²) in [7, 11) is 0. The lowest BCUT2D eigenvalue weighted by molar-refractivity contribution is -0.138. The highest BCUT2D eigenvalue weighted by Gasteiger charge is 2.37. The van der Waals surface area contributed by atoms with Crippen LogP contribution in [0.3, 0.4) is 0 Å². The van der Waals surface area contributed by atoms with Gasteiger partial charge in [-0.1, -0.05) is 0 Å². The molecule has 0 spiro atoms. The van der Waals surface area contributed by atoms with E-state index >= 15 is 0 Å². The van der Waals surface area contributed by atoms with Crippen molar-refractivity contribution in [3.63, 3.8) is 0 Å². The van der Waals surface area contributed by atoms with E-state index in [1.54, 1.807) is 13.8 Å². The number of allylic oxidation sites excluding steroid dienone is 2. The maximum absolute atomic E-state index is 13.6. The SMILES string of the molecule is CC(C)Nc1nc(N[C@H](C)C(F)(F)F)nc(C2=CC(F)(F)CCC2)n1. The number of nitrogens with zero attached hydrogens (tertiary/aromatic N) is 3. The first-order chi connectivity index (χ1) is 11.5. The Morgan fingerprint density at radius 3 is 2.16 bits per heavy atom. The van der Waals surface area contributed by atoms with Crippen molar-refractivity contribution >= 4 is 17.5 Å². The number of rotatable bonds is 5. The molecular weight excluding hydrogens is 345 g/mol. The third-order valence-corrected chi connectivity index (χ3v) is 3.52. The molecule has 1 heterocycles. The van der Waals surface area contributed by atoms with E-state index in [-0.39, 0.29) is 42.2 Å². The van der Waals surface area contributed by atoms with Crippen molar-refractivity contribution in [3.05, 3.63) is 11.9 Å². The highest BCUT2D eigenvalue weighted by molar-refractivity contribution is 5.63. The van der Waals surface area contributed by atoms with E-state index in [1.165, 1.54) is 0 Å². The maximum atomic E-state index is 13.6. The lowest BCUT2D eigenvalue weighted by Crippen LogP contribution is -2.34. The first-order valence-corrected chi connectivity index (χ1v) is 7.92. The van der Waals surface area contributed by atoms with Gasteiger partial charge in [0, 0.05) is 12.5 Å². The Balaban J connectivity index is 2.39. The zero-order chi connectivity index (χ0) is 18.8. The Bertz CT molecular complexity index is 642. The second-order valence-corrected chi connectivity index (χ2v) is 6.30. The number of hydrogen-bond acceptors (Lipinski definition) is 5. The minimum absolute atomic E-state index is 0.0339. The molecular formula is C15H20F5N5. The molecule has 1 aromatic rings. The molecule has 140 valence electrons. The van der Waals surface area contributed by atoms with E-state index in [0.29, 0.717) is 6.42 Å². The van der Waals surface area contributed by atoms with Crippen molar-refractivity contribution in [3.8, 4) is 0 Å². The molecule has 1 aliphatic carbocycles. The monoisotopic (exact) mass is 365 g/mol. The average Bonchev–Trinajstić information content (AvgIpc) is 2.44. The predicted molar refractivity (Wildman–Crippen MR) is 84.5 cm³/mol. The second-order valence-electron chi connectivity index (χ2n) is 6.30. The van der Waals surface area contributed by atoms with Gasteiger partial charge in [0.15, 0.2) is 5.82 Å². The Kier molecular flexibility index (Phi) is 5.48. The van der Waals surface area contributed by atoms with Crippen LogP contribution in [0.4, 0.5) is 33.8 Å². The topological polar surface area (TPSA) is 62.7 Å². The zero-order valence-corrected chi connectivity index (χ0v) is 14.1. The van der Waals surface area contributed by atoms with Crippen LogP contribution in [0.2, 0.25) is 0 Å². The van der Waals surface area contributed by atoms with Crippen molar-refractivity contribution in [2.75, 3.05) is 10.6 Å². The van der Waals surface area contributed by atoms with Gasteiger partial charge in [-0.3, -0.25) is 0 Å². The molecule has 2 N–H and O–H groups in total. The summed E-state index contributed by atoms with van der Waals surface area (Å²) in [5.41, 5.74) is 0.202. The molecule has 1 aromatic heterocycles. The van der Waals surface area contributed by atoms with Gasteiger partial charge >= 0.3 is 6.18 Å². The third-order valence-electron chi connectivity index (χ3n) is 3.52. The quantitative estimate of drug-likeness (QED) is 0.764. The van der Waals surface area contributed by atoms with Crippen molar-refractivity contribution in [2.24, 2.45) is 0 Å². The number of hydrogen-bond donors (Lipinski definition) is 2. The van der Waals surface area contributed by atoms with Gasteiger partial charge in [-0.2, -0.15) is 28.1 Å². The molecule has 0 saturated heterocycles.